The third kappa shape index (κ3) is 2.53. The summed E-state index contributed by atoms with van der Waals surface area (Å²) in [5.74, 6) is -0.611. The molecule has 1 aliphatic rings. The van der Waals surface area contributed by atoms with Crippen LogP contribution in [0.15, 0.2) is 24.4 Å². The minimum atomic E-state index is -3.05. The predicted molar refractivity (Wildman–Crippen MR) is 77.4 cm³/mol. The summed E-state index contributed by atoms with van der Waals surface area (Å²) in [5, 5.41) is 0.507. The van der Waals surface area contributed by atoms with Crippen molar-refractivity contribution in [2.75, 3.05) is 18.6 Å². The van der Waals surface area contributed by atoms with E-state index in [0.29, 0.717) is 22.9 Å². The summed E-state index contributed by atoms with van der Waals surface area (Å²) in [7, 11) is -1.46. The molecule has 1 aromatic heterocycles. The van der Waals surface area contributed by atoms with Crippen molar-refractivity contribution in [2.24, 2.45) is 0 Å². The normalized spacial score (nSPS) is 20.8. The number of H-pyrrole nitrogens is 1. The fourth-order valence-corrected chi connectivity index (χ4v) is 4.48. The van der Waals surface area contributed by atoms with E-state index in [0.717, 1.165) is 0 Å². The maximum Gasteiger partial charge on any atom is 0.256 e. The summed E-state index contributed by atoms with van der Waals surface area (Å²) < 4.78 is 36.4. The van der Waals surface area contributed by atoms with Crippen molar-refractivity contribution in [3.63, 3.8) is 0 Å². The standard InChI is InChI=1S/C14H15FN2O3S/c1-17(10-4-5-21(19,20)8-10)14(18)12-7-16-13-3-2-9(15)6-11(12)13/h2-3,6-7,10,16H,4-5,8H2,1H3. The minimum absolute atomic E-state index is 0.00798. The van der Waals surface area contributed by atoms with Gasteiger partial charge in [0, 0.05) is 30.2 Å². The first kappa shape index (κ1) is 14.1. The summed E-state index contributed by atoms with van der Waals surface area (Å²) in [6.07, 6.45) is 1.98. The Morgan fingerprint density at radius 3 is 2.86 bits per heavy atom. The van der Waals surface area contributed by atoms with E-state index in [1.165, 1.54) is 23.2 Å². The van der Waals surface area contributed by atoms with Crippen molar-refractivity contribution in [3.05, 3.63) is 35.8 Å². The molecule has 1 N–H and O–H groups in total. The van der Waals surface area contributed by atoms with Gasteiger partial charge in [0.1, 0.15) is 5.82 Å². The van der Waals surface area contributed by atoms with Gasteiger partial charge in [0.2, 0.25) is 0 Å². The van der Waals surface area contributed by atoms with Crippen LogP contribution in [0, 0.1) is 5.82 Å². The summed E-state index contributed by atoms with van der Waals surface area (Å²) in [6, 6.07) is 3.88. The highest BCUT2D eigenvalue weighted by Gasteiger charge is 2.33. The number of nitrogens with zero attached hydrogens (tertiary/aromatic N) is 1. The van der Waals surface area contributed by atoms with Gasteiger partial charge in [-0.1, -0.05) is 0 Å². The van der Waals surface area contributed by atoms with Crippen LogP contribution in [-0.2, 0) is 9.84 Å². The number of rotatable bonds is 2. The lowest BCUT2D eigenvalue weighted by atomic mass is 10.1. The lowest BCUT2D eigenvalue weighted by Crippen LogP contribution is -2.37. The largest absolute Gasteiger partial charge is 0.360 e. The van der Waals surface area contributed by atoms with E-state index < -0.39 is 15.7 Å². The Balaban J connectivity index is 1.92. The first-order valence-electron chi connectivity index (χ1n) is 6.61. The summed E-state index contributed by atoms with van der Waals surface area (Å²) >= 11 is 0. The van der Waals surface area contributed by atoms with E-state index in [4.69, 9.17) is 0 Å². The van der Waals surface area contributed by atoms with Crippen molar-refractivity contribution in [2.45, 2.75) is 12.5 Å². The number of benzene rings is 1. The van der Waals surface area contributed by atoms with Crippen LogP contribution in [0.5, 0.6) is 0 Å². The molecule has 1 saturated heterocycles. The molecule has 0 spiro atoms. The molecule has 1 amide bonds. The van der Waals surface area contributed by atoms with Crippen molar-refractivity contribution in [1.29, 1.82) is 0 Å². The lowest BCUT2D eigenvalue weighted by molar-refractivity contribution is 0.0749. The predicted octanol–water partition coefficient (Wildman–Crippen LogP) is 1.57. The van der Waals surface area contributed by atoms with Crippen LogP contribution in [0.2, 0.25) is 0 Å². The molecule has 1 fully saturated rings. The van der Waals surface area contributed by atoms with Crippen LogP contribution in [-0.4, -0.2) is 48.8 Å². The molecule has 0 radical (unpaired) electrons. The van der Waals surface area contributed by atoms with Gasteiger partial charge in [0.05, 0.1) is 17.1 Å². The van der Waals surface area contributed by atoms with Crippen molar-refractivity contribution in [3.8, 4) is 0 Å². The van der Waals surface area contributed by atoms with E-state index in [1.807, 2.05) is 0 Å². The number of sulfone groups is 1. The second-order valence-corrected chi connectivity index (χ2v) is 7.59. The maximum absolute atomic E-state index is 13.3. The Morgan fingerprint density at radius 2 is 2.19 bits per heavy atom. The number of halogens is 1. The van der Waals surface area contributed by atoms with Crippen molar-refractivity contribution >= 4 is 26.6 Å². The maximum atomic E-state index is 13.3. The molecule has 7 heteroatoms. The number of aromatic nitrogens is 1. The van der Waals surface area contributed by atoms with Gasteiger partial charge in [-0.3, -0.25) is 4.79 Å². The highest BCUT2D eigenvalue weighted by molar-refractivity contribution is 7.91. The SMILES string of the molecule is CN(C(=O)c1c[nH]c2ccc(F)cc12)C1CCS(=O)(=O)C1. The number of carbonyl (C=O) groups is 1. The molecule has 1 atom stereocenters. The Bertz CT molecular complexity index is 813. The highest BCUT2D eigenvalue weighted by atomic mass is 32.2. The first-order valence-corrected chi connectivity index (χ1v) is 8.44. The van der Waals surface area contributed by atoms with E-state index in [1.54, 1.807) is 13.1 Å². The molecule has 2 heterocycles. The molecule has 112 valence electrons. The van der Waals surface area contributed by atoms with E-state index >= 15 is 0 Å². The quantitative estimate of drug-likeness (QED) is 0.915. The Kier molecular flexibility index (Phi) is 3.24. The molecular weight excluding hydrogens is 295 g/mol. The molecule has 0 bridgehead atoms. The van der Waals surface area contributed by atoms with Crippen molar-refractivity contribution < 1.29 is 17.6 Å². The smallest absolute Gasteiger partial charge is 0.256 e. The zero-order valence-corrected chi connectivity index (χ0v) is 12.3. The molecular formula is C14H15FN2O3S. The van der Waals surface area contributed by atoms with Crippen LogP contribution in [0.3, 0.4) is 0 Å². The van der Waals surface area contributed by atoms with Gasteiger partial charge in [0.25, 0.3) is 5.91 Å². The van der Waals surface area contributed by atoms with Crippen molar-refractivity contribution in [1.82, 2.24) is 9.88 Å². The summed E-state index contributed by atoms with van der Waals surface area (Å²) in [5.41, 5.74) is 1.03. The summed E-state index contributed by atoms with van der Waals surface area (Å²) in [6.45, 7) is 0. The lowest BCUT2D eigenvalue weighted by Gasteiger charge is -2.23. The van der Waals surface area contributed by atoms with Gasteiger partial charge >= 0.3 is 0 Å². The first-order chi connectivity index (χ1) is 9.87. The molecule has 1 unspecified atom stereocenters. The molecule has 1 aliphatic heterocycles. The van der Waals surface area contributed by atoms with E-state index in [-0.39, 0.29) is 23.5 Å². The number of aromatic amines is 1. The fourth-order valence-electron chi connectivity index (χ4n) is 2.71. The Labute approximate surface area is 121 Å². The average molecular weight is 310 g/mol. The van der Waals surface area contributed by atoms with Crippen LogP contribution >= 0.6 is 0 Å². The Hall–Kier alpha value is -1.89. The molecule has 3 rings (SSSR count). The second-order valence-electron chi connectivity index (χ2n) is 5.37. The minimum Gasteiger partial charge on any atom is -0.360 e. The van der Waals surface area contributed by atoms with Gasteiger partial charge < -0.3 is 9.88 Å². The molecule has 2 aromatic rings. The number of nitrogens with one attached hydrogen (secondary N) is 1. The topological polar surface area (TPSA) is 70.2 Å². The zero-order valence-electron chi connectivity index (χ0n) is 11.5. The number of hydrogen-bond acceptors (Lipinski definition) is 3. The monoisotopic (exact) mass is 310 g/mol. The van der Waals surface area contributed by atoms with Crippen LogP contribution in [0.4, 0.5) is 4.39 Å². The van der Waals surface area contributed by atoms with E-state index in [2.05, 4.69) is 4.98 Å². The second kappa shape index (κ2) is 4.84. The van der Waals surface area contributed by atoms with Gasteiger partial charge in [-0.25, -0.2) is 12.8 Å². The van der Waals surface area contributed by atoms with Crippen LogP contribution in [0.1, 0.15) is 16.8 Å². The average Bonchev–Trinajstić information content (AvgIpc) is 3.00. The third-order valence-corrected chi connectivity index (χ3v) is 5.70. The molecule has 5 nitrogen and oxygen atoms in total. The fraction of sp³-hybridized carbons (Fsp3) is 0.357. The number of fused-ring (bicyclic) bond motifs is 1. The molecule has 0 aliphatic carbocycles. The number of amides is 1. The van der Waals surface area contributed by atoms with Crippen LogP contribution in [0.25, 0.3) is 10.9 Å². The Morgan fingerprint density at radius 1 is 1.43 bits per heavy atom. The van der Waals surface area contributed by atoms with Gasteiger partial charge in [-0.2, -0.15) is 0 Å². The van der Waals surface area contributed by atoms with Gasteiger partial charge in [-0.05, 0) is 24.6 Å². The van der Waals surface area contributed by atoms with Gasteiger partial charge in [0.15, 0.2) is 9.84 Å². The number of hydrogen-bond donors (Lipinski definition) is 1. The highest BCUT2D eigenvalue weighted by Crippen LogP contribution is 2.23. The summed E-state index contributed by atoms with van der Waals surface area (Å²) in [4.78, 5) is 16.9. The molecule has 21 heavy (non-hydrogen) atoms. The molecule has 0 saturated carbocycles. The molecule has 1 aromatic carbocycles. The number of carbonyl (C=O) groups excluding carboxylic acids is 1. The van der Waals surface area contributed by atoms with Gasteiger partial charge in [-0.15, -0.1) is 0 Å². The van der Waals surface area contributed by atoms with E-state index in [9.17, 15) is 17.6 Å². The van der Waals surface area contributed by atoms with Crippen LogP contribution < -0.4 is 0 Å². The zero-order chi connectivity index (χ0) is 15.2. The third-order valence-electron chi connectivity index (χ3n) is 3.95.